The molecule has 0 radical (unpaired) electrons. The fourth-order valence-corrected chi connectivity index (χ4v) is 3.16. The van der Waals surface area contributed by atoms with Crippen molar-refractivity contribution >= 4 is 27.4 Å². The quantitative estimate of drug-likeness (QED) is 0.709. The molecule has 0 fully saturated rings. The molecule has 1 atom stereocenters. The van der Waals surface area contributed by atoms with E-state index in [9.17, 15) is 17.6 Å². The van der Waals surface area contributed by atoms with Crippen molar-refractivity contribution in [3.8, 4) is 0 Å². The van der Waals surface area contributed by atoms with Gasteiger partial charge in [0, 0.05) is 6.04 Å². The maximum atomic E-state index is 13.8. The van der Waals surface area contributed by atoms with E-state index in [0.29, 0.717) is 0 Å². The van der Waals surface area contributed by atoms with Crippen LogP contribution in [0.1, 0.15) is 32.6 Å². The Balaban J connectivity index is 2.02. The first-order valence-electron chi connectivity index (χ1n) is 7.78. The van der Waals surface area contributed by atoms with Crippen molar-refractivity contribution in [2.45, 2.75) is 38.6 Å². The van der Waals surface area contributed by atoms with Gasteiger partial charge in [0.2, 0.25) is 10.0 Å². The van der Waals surface area contributed by atoms with Gasteiger partial charge in [-0.1, -0.05) is 11.6 Å². The Morgan fingerprint density at radius 2 is 2.04 bits per heavy atom. The Bertz CT molecular complexity index is 747. The van der Waals surface area contributed by atoms with Crippen LogP contribution in [0.15, 0.2) is 29.8 Å². The largest absolute Gasteiger partial charge is 0.332 e. The average molecular weight is 355 g/mol. The van der Waals surface area contributed by atoms with E-state index in [4.69, 9.17) is 0 Å². The number of sulfonamides is 1. The first kappa shape index (κ1) is 18.3. The van der Waals surface area contributed by atoms with E-state index in [-0.39, 0.29) is 17.4 Å². The lowest BCUT2D eigenvalue weighted by molar-refractivity contribution is 0.250. The Morgan fingerprint density at radius 3 is 2.67 bits per heavy atom. The van der Waals surface area contributed by atoms with Crippen LogP contribution in [0.4, 0.5) is 20.6 Å². The molecule has 24 heavy (non-hydrogen) atoms. The predicted octanol–water partition coefficient (Wildman–Crippen LogP) is 3.21. The molecule has 3 N–H and O–H groups in total. The summed E-state index contributed by atoms with van der Waals surface area (Å²) in [6.07, 6.45) is 7.35. The van der Waals surface area contributed by atoms with Crippen molar-refractivity contribution < 1.29 is 17.6 Å². The summed E-state index contributed by atoms with van der Waals surface area (Å²) in [6.45, 7) is 1.88. The van der Waals surface area contributed by atoms with E-state index in [0.717, 1.165) is 38.0 Å². The van der Waals surface area contributed by atoms with E-state index in [1.54, 1.807) is 0 Å². The summed E-state index contributed by atoms with van der Waals surface area (Å²) in [5.74, 6) is -0.645. The van der Waals surface area contributed by atoms with Crippen LogP contribution in [0, 0.1) is 5.82 Å². The molecule has 0 saturated carbocycles. The molecule has 1 unspecified atom stereocenters. The number of halogens is 1. The zero-order chi connectivity index (χ0) is 17.7. The molecule has 0 saturated heterocycles. The zero-order valence-corrected chi connectivity index (χ0v) is 14.5. The average Bonchev–Trinajstić information content (AvgIpc) is 2.50. The molecule has 2 rings (SSSR count). The second kappa shape index (κ2) is 7.65. The number of carbonyl (C=O) groups excluding carboxylic acids is 1. The number of rotatable bonds is 5. The van der Waals surface area contributed by atoms with Crippen molar-refractivity contribution in [1.29, 1.82) is 0 Å². The Morgan fingerprint density at radius 1 is 1.29 bits per heavy atom. The summed E-state index contributed by atoms with van der Waals surface area (Å²) in [6, 6.07) is 2.95. The third-order valence-electron chi connectivity index (χ3n) is 3.75. The number of benzene rings is 1. The van der Waals surface area contributed by atoms with Crippen molar-refractivity contribution in [2.75, 3.05) is 16.3 Å². The molecule has 1 aromatic carbocycles. The molecule has 1 aliphatic carbocycles. The number of nitrogens with one attached hydrogen (secondary N) is 3. The topological polar surface area (TPSA) is 87.3 Å². The minimum Gasteiger partial charge on any atom is -0.332 e. The Hall–Kier alpha value is -2.09. The molecule has 0 aromatic heterocycles. The third-order valence-corrected chi connectivity index (χ3v) is 4.35. The van der Waals surface area contributed by atoms with Gasteiger partial charge < -0.3 is 10.6 Å². The van der Waals surface area contributed by atoms with E-state index in [1.807, 2.05) is 6.92 Å². The molecular weight excluding hydrogens is 333 g/mol. The van der Waals surface area contributed by atoms with Crippen molar-refractivity contribution in [1.82, 2.24) is 5.32 Å². The Kier molecular flexibility index (Phi) is 5.82. The van der Waals surface area contributed by atoms with E-state index >= 15 is 0 Å². The first-order chi connectivity index (χ1) is 11.2. The first-order valence-corrected chi connectivity index (χ1v) is 9.67. The monoisotopic (exact) mass is 355 g/mol. The number of amides is 2. The van der Waals surface area contributed by atoms with Gasteiger partial charge in [0.15, 0.2) is 0 Å². The molecular formula is C16H22FN3O3S. The second-order valence-corrected chi connectivity index (χ2v) is 7.66. The normalized spacial score (nSPS) is 16.0. The van der Waals surface area contributed by atoms with Gasteiger partial charge in [-0.2, -0.15) is 0 Å². The number of hydrogen-bond acceptors (Lipinski definition) is 3. The second-order valence-electron chi connectivity index (χ2n) is 5.91. The molecule has 0 heterocycles. The van der Waals surface area contributed by atoms with Crippen LogP contribution >= 0.6 is 0 Å². The fraction of sp³-hybridized carbons (Fsp3) is 0.438. The number of carbonyl (C=O) groups is 1. The highest BCUT2D eigenvalue weighted by Gasteiger charge is 2.15. The lowest BCUT2D eigenvalue weighted by Gasteiger charge is -2.21. The van der Waals surface area contributed by atoms with Gasteiger partial charge in [-0.05, 0) is 50.8 Å². The van der Waals surface area contributed by atoms with Gasteiger partial charge in [0.25, 0.3) is 0 Å². The summed E-state index contributed by atoms with van der Waals surface area (Å²) in [7, 11) is -3.48. The number of hydrogen-bond donors (Lipinski definition) is 3. The van der Waals surface area contributed by atoms with Gasteiger partial charge in [-0.15, -0.1) is 0 Å². The zero-order valence-electron chi connectivity index (χ0n) is 13.7. The minimum atomic E-state index is -3.48. The van der Waals surface area contributed by atoms with Gasteiger partial charge in [-0.3, -0.25) is 4.72 Å². The lowest BCUT2D eigenvalue weighted by Crippen LogP contribution is -2.37. The van der Waals surface area contributed by atoms with Crippen LogP contribution in [-0.2, 0) is 10.0 Å². The molecule has 6 nitrogen and oxygen atoms in total. The summed E-state index contributed by atoms with van der Waals surface area (Å²) in [5.41, 5.74) is 1.26. The summed E-state index contributed by atoms with van der Waals surface area (Å²) in [5, 5.41) is 5.19. The molecule has 132 valence electrons. The minimum absolute atomic E-state index is 0.0917. The van der Waals surface area contributed by atoms with Crippen LogP contribution in [0.5, 0.6) is 0 Å². The maximum absolute atomic E-state index is 13.8. The van der Waals surface area contributed by atoms with E-state index in [2.05, 4.69) is 21.4 Å². The third kappa shape index (κ3) is 5.52. The van der Waals surface area contributed by atoms with Crippen molar-refractivity contribution in [2.24, 2.45) is 0 Å². The highest BCUT2D eigenvalue weighted by Crippen LogP contribution is 2.22. The van der Waals surface area contributed by atoms with Crippen LogP contribution in [0.3, 0.4) is 0 Å². The molecule has 8 heteroatoms. The predicted molar refractivity (Wildman–Crippen MR) is 93.0 cm³/mol. The maximum Gasteiger partial charge on any atom is 0.319 e. The molecule has 1 aromatic rings. The number of anilines is 2. The summed E-state index contributed by atoms with van der Waals surface area (Å²) < 4.78 is 38.5. The number of allylic oxidation sites excluding steroid dienone is 1. The van der Waals surface area contributed by atoms with Gasteiger partial charge in [0.1, 0.15) is 5.82 Å². The summed E-state index contributed by atoms with van der Waals surface area (Å²) in [4.78, 5) is 12.1. The van der Waals surface area contributed by atoms with Crippen LogP contribution in [0.2, 0.25) is 0 Å². The fourth-order valence-electron chi connectivity index (χ4n) is 2.60. The van der Waals surface area contributed by atoms with Crippen molar-refractivity contribution in [3.05, 3.63) is 35.7 Å². The Labute approximate surface area is 141 Å². The summed E-state index contributed by atoms with van der Waals surface area (Å²) >= 11 is 0. The SMILES string of the molecule is CC(NC(=O)Nc1cc(NS(C)(=O)=O)ccc1F)C1=CCCCC1. The smallest absolute Gasteiger partial charge is 0.319 e. The molecule has 2 amide bonds. The molecule has 0 aliphatic heterocycles. The molecule has 0 spiro atoms. The molecule has 1 aliphatic rings. The highest BCUT2D eigenvalue weighted by atomic mass is 32.2. The van der Waals surface area contributed by atoms with Crippen LogP contribution in [0.25, 0.3) is 0 Å². The van der Waals surface area contributed by atoms with Crippen molar-refractivity contribution in [3.63, 3.8) is 0 Å². The van der Waals surface area contributed by atoms with Gasteiger partial charge >= 0.3 is 6.03 Å². The van der Waals surface area contributed by atoms with E-state index in [1.165, 1.54) is 17.7 Å². The standard InChI is InChI=1S/C16H22FN3O3S/c1-11(12-6-4-3-5-7-12)18-16(21)19-15-10-13(8-9-14(15)17)20-24(2,22)23/h6,8-11,20H,3-5,7H2,1-2H3,(H2,18,19,21). The van der Waals surface area contributed by atoms with Crippen LogP contribution < -0.4 is 15.4 Å². The number of urea groups is 1. The lowest BCUT2D eigenvalue weighted by atomic mass is 9.95. The van der Waals surface area contributed by atoms with E-state index < -0.39 is 21.9 Å². The van der Waals surface area contributed by atoms with Gasteiger partial charge in [-0.25, -0.2) is 17.6 Å². The van der Waals surface area contributed by atoms with Crippen LogP contribution in [-0.4, -0.2) is 26.7 Å². The highest BCUT2D eigenvalue weighted by molar-refractivity contribution is 7.92. The molecule has 0 bridgehead atoms. The van der Waals surface area contributed by atoms with Gasteiger partial charge in [0.05, 0.1) is 17.6 Å².